The summed E-state index contributed by atoms with van der Waals surface area (Å²) < 4.78 is 16.7. The van der Waals surface area contributed by atoms with Crippen LogP contribution in [0.4, 0.5) is 0 Å². The van der Waals surface area contributed by atoms with Crippen molar-refractivity contribution in [2.45, 2.75) is 20.8 Å². The van der Waals surface area contributed by atoms with Crippen LogP contribution in [0.1, 0.15) is 30.5 Å². The summed E-state index contributed by atoms with van der Waals surface area (Å²) in [5.74, 6) is -0.0625. The van der Waals surface area contributed by atoms with Crippen molar-refractivity contribution in [2.24, 2.45) is 4.99 Å². The van der Waals surface area contributed by atoms with Crippen molar-refractivity contribution in [1.29, 1.82) is 0 Å². The Labute approximate surface area is 414 Å². The zero-order valence-corrected chi connectivity index (χ0v) is 41.0. The van der Waals surface area contributed by atoms with E-state index in [9.17, 15) is 4.79 Å². The standard InChI is InChI=1S/C30H17N2O.C26H17N2O.C5H8O2.Ir/c1-17-13-14-31-23(15-17)18-9-10-24-22(16-18)19-6-4-7-21-28-25(32(24)30(19)21)11-12-27-29(28)20-5-2-3-8-26(20)33-27;1-4-15-14-29-23-12-11-22-25(24(15)23)18-8-6-7-17-19-13-16(20(5-2)27-3)9-10-21(19)28(22)26(17)18;1-4(6)3-5(2)7;/h2-8,10-16H,1H3;4-8,10-14H,1-2H2,3H3;3,6H,1-2H3;/q2*-1;;/b;;4-3-;. The maximum Gasteiger partial charge on any atom is 0.155 e. The molecule has 0 bridgehead atoms. The second kappa shape index (κ2) is 17.0. The summed E-state index contributed by atoms with van der Waals surface area (Å²) in [7, 11) is 1.78. The fourth-order valence-electron chi connectivity index (χ4n) is 10.5. The fraction of sp³-hybridized carbons (Fsp3) is 0.0656. The molecule has 0 saturated carbocycles. The quantitative estimate of drug-likeness (QED) is 0.0801. The molecule has 7 aromatic carbocycles. The van der Waals surface area contributed by atoms with Gasteiger partial charge < -0.3 is 32.7 Å². The number of hydrogen-bond acceptors (Lipinski definition) is 6. The van der Waals surface area contributed by atoms with Gasteiger partial charge in [0.2, 0.25) is 0 Å². The minimum absolute atomic E-state index is 0. The number of aryl methyl sites for hydroxylation is 1. The van der Waals surface area contributed by atoms with Gasteiger partial charge in [-0.15, -0.1) is 54.1 Å². The zero-order chi connectivity index (χ0) is 47.2. The van der Waals surface area contributed by atoms with E-state index in [4.69, 9.17) is 13.9 Å². The van der Waals surface area contributed by atoms with Crippen LogP contribution >= 0.6 is 0 Å². The zero-order valence-electron chi connectivity index (χ0n) is 38.6. The summed E-state index contributed by atoms with van der Waals surface area (Å²) in [4.78, 5) is 18.9. The molecule has 0 aliphatic rings. The van der Waals surface area contributed by atoms with Gasteiger partial charge in [-0.2, -0.15) is 0 Å². The van der Waals surface area contributed by atoms with Gasteiger partial charge in [0.15, 0.2) is 5.78 Å². The Morgan fingerprint density at radius 2 is 1.31 bits per heavy atom. The molecule has 70 heavy (non-hydrogen) atoms. The molecule has 0 atom stereocenters. The molecule has 1 N–H and O–H groups in total. The van der Waals surface area contributed by atoms with Gasteiger partial charge in [0.1, 0.15) is 16.7 Å². The molecule has 341 valence electrons. The smallest absolute Gasteiger partial charge is 0.155 e. The van der Waals surface area contributed by atoms with Crippen molar-refractivity contribution in [3.63, 3.8) is 0 Å². The molecular formula is C61H42IrN4O4-2. The van der Waals surface area contributed by atoms with Gasteiger partial charge in [-0.25, -0.2) is 0 Å². The van der Waals surface area contributed by atoms with E-state index in [1.165, 1.54) is 96.0 Å². The molecule has 0 amide bonds. The number of aliphatic hydroxyl groups excluding tert-OH is 1. The first-order chi connectivity index (χ1) is 33.7. The van der Waals surface area contributed by atoms with Crippen LogP contribution in [0.15, 0.2) is 179 Å². The molecule has 0 spiro atoms. The van der Waals surface area contributed by atoms with Crippen LogP contribution in [-0.4, -0.2) is 37.4 Å². The number of hydrogen-bond donors (Lipinski definition) is 1. The number of furan rings is 2. The average Bonchev–Trinajstić information content (AvgIpc) is 4.21. The van der Waals surface area contributed by atoms with Crippen molar-refractivity contribution >= 4 is 127 Å². The normalized spacial score (nSPS) is 12.3. The number of nitrogens with zero attached hydrogens (tertiary/aromatic N) is 4. The molecule has 14 rings (SSSR count). The van der Waals surface area contributed by atoms with Crippen LogP contribution in [0.3, 0.4) is 0 Å². The van der Waals surface area contributed by atoms with Crippen LogP contribution in [-0.2, 0) is 24.9 Å². The van der Waals surface area contributed by atoms with Crippen LogP contribution in [0.2, 0.25) is 0 Å². The third-order valence-corrected chi connectivity index (χ3v) is 13.3. The predicted octanol–water partition coefficient (Wildman–Crippen LogP) is 15.6. The number of allylic oxidation sites excluding steroid dienone is 3. The van der Waals surface area contributed by atoms with Crippen molar-refractivity contribution in [2.75, 3.05) is 7.05 Å². The topological polar surface area (TPSA) is 97.7 Å². The molecule has 0 saturated heterocycles. The first-order valence-corrected chi connectivity index (χ1v) is 22.7. The van der Waals surface area contributed by atoms with Crippen LogP contribution in [0, 0.1) is 19.1 Å². The van der Waals surface area contributed by atoms with Gasteiger partial charge in [0.25, 0.3) is 0 Å². The summed E-state index contributed by atoms with van der Waals surface area (Å²) in [6.45, 7) is 12.8. The number of benzene rings is 7. The number of aliphatic hydroxyl groups is 1. The number of aromatic nitrogens is 3. The molecule has 0 fully saturated rings. The van der Waals surface area contributed by atoms with Crippen LogP contribution < -0.4 is 0 Å². The average molecular weight is 1090 g/mol. The van der Waals surface area contributed by atoms with Crippen molar-refractivity contribution < 1.29 is 38.8 Å². The Bertz CT molecular complexity index is 4500. The van der Waals surface area contributed by atoms with Gasteiger partial charge in [-0.1, -0.05) is 95.7 Å². The maximum atomic E-state index is 10.0. The summed E-state index contributed by atoms with van der Waals surface area (Å²) in [6, 6.07) is 49.5. The predicted molar refractivity (Wildman–Crippen MR) is 285 cm³/mol. The van der Waals surface area contributed by atoms with Gasteiger partial charge >= 0.3 is 0 Å². The van der Waals surface area contributed by atoms with E-state index in [1.54, 1.807) is 19.4 Å². The van der Waals surface area contributed by atoms with Crippen molar-refractivity contribution in [3.05, 3.63) is 194 Å². The number of aliphatic imine (C=N–C) groups is 1. The van der Waals surface area contributed by atoms with Gasteiger partial charge in [-0.05, 0) is 90.4 Å². The maximum absolute atomic E-state index is 10.0. The number of rotatable bonds is 5. The van der Waals surface area contributed by atoms with Gasteiger partial charge in [-0.3, -0.25) is 4.79 Å². The number of para-hydroxylation sites is 3. The summed E-state index contributed by atoms with van der Waals surface area (Å²) in [5, 5.41) is 21.7. The Kier molecular flexibility index (Phi) is 10.7. The Balaban J connectivity index is 0.000000134. The molecule has 0 unspecified atom stereocenters. The summed E-state index contributed by atoms with van der Waals surface area (Å²) >= 11 is 0. The Morgan fingerprint density at radius 3 is 1.94 bits per heavy atom. The largest absolute Gasteiger partial charge is 0.512 e. The summed E-state index contributed by atoms with van der Waals surface area (Å²) in [6.07, 6.45) is 8.45. The van der Waals surface area contributed by atoms with Gasteiger partial charge in [0.05, 0.1) is 23.1 Å². The van der Waals surface area contributed by atoms with Crippen molar-refractivity contribution in [3.8, 4) is 11.3 Å². The molecule has 7 aromatic heterocycles. The molecular weight excluding hydrogens is 1040 g/mol. The second-order valence-corrected chi connectivity index (χ2v) is 17.5. The van der Waals surface area contributed by atoms with E-state index in [1.807, 2.05) is 36.5 Å². The minimum Gasteiger partial charge on any atom is -0.512 e. The number of ketones is 1. The van der Waals surface area contributed by atoms with E-state index in [0.717, 1.165) is 66.7 Å². The van der Waals surface area contributed by atoms with E-state index in [2.05, 4.69) is 148 Å². The van der Waals surface area contributed by atoms with E-state index in [-0.39, 0.29) is 31.6 Å². The fourth-order valence-corrected chi connectivity index (χ4v) is 10.5. The third-order valence-electron chi connectivity index (χ3n) is 13.3. The first-order valence-electron chi connectivity index (χ1n) is 22.7. The third kappa shape index (κ3) is 6.65. The molecule has 8 nitrogen and oxygen atoms in total. The molecule has 14 aromatic rings. The molecule has 9 heteroatoms. The summed E-state index contributed by atoms with van der Waals surface area (Å²) in [5.41, 5.74) is 15.9. The SMILES string of the molecule is C=CC(=NC)c1[c-]cc2c(c1)c1cccc3c4c5c(C=C)coc5ccc4n2c13.CC(=O)/C=C(/C)O.Cc1ccnc(-c2[c-]cc3c(c2)c2cccc4c5c6c(ccc5n3c24)oc2ccccc26)c1.[Ir]. The van der Waals surface area contributed by atoms with E-state index < -0.39 is 0 Å². The Hall–Kier alpha value is -8.36. The Morgan fingerprint density at radius 1 is 0.686 bits per heavy atom. The van der Waals surface area contributed by atoms with Crippen molar-refractivity contribution in [1.82, 2.24) is 13.8 Å². The monoisotopic (exact) mass is 1090 g/mol. The molecule has 7 heterocycles. The number of carbonyl (C=O) groups is 1. The van der Waals surface area contributed by atoms with E-state index in [0.29, 0.717) is 0 Å². The number of pyridine rings is 1. The number of fused-ring (bicyclic) bond motifs is 18. The van der Waals surface area contributed by atoms with Crippen LogP contribution in [0.5, 0.6) is 0 Å². The number of carbonyl (C=O) groups excluding carboxylic acids is 1. The molecule has 0 aliphatic heterocycles. The second-order valence-electron chi connectivity index (χ2n) is 17.5. The molecule has 1 radical (unpaired) electrons. The first kappa shape index (κ1) is 44.2. The van der Waals surface area contributed by atoms with Crippen LogP contribution in [0.25, 0.3) is 126 Å². The minimum atomic E-state index is -0.125. The van der Waals surface area contributed by atoms with Gasteiger partial charge in [0, 0.05) is 93.7 Å². The molecule has 0 aliphatic carbocycles. The van der Waals surface area contributed by atoms with E-state index >= 15 is 0 Å².